The van der Waals surface area contributed by atoms with Crippen molar-refractivity contribution in [3.63, 3.8) is 0 Å². The molecule has 0 aliphatic carbocycles. The number of nitrogens with two attached hydrogens (primary N) is 1. The molecule has 7 heteroatoms. The third kappa shape index (κ3) is 4.13. The highest BCUT2D eigenvalue weighted by Gasteiger charge is 2.13. The van der Waals surface area contributed by atoms with E-state index in [1.54, 1.807) is 0 Å². The Hall–Kier alpha value is -2.28. The minimum absolute atomic E-state index is 0.0237. The average Bonchev–Trinajstić information content (AvgIpc) is 2.85. The molecular weight excluding hydrogens is 256 g/mol. The van der Waals surface area contributed by atoms with Crippen molar-refractivity contribution in [1.29, 1.82) is 0 Å². The SMILES string of the molecule is CC(C)(N)CNC(=O)Cn1nnc(-c2ccccc2)n1. The summed E-state index contributed by atoms with van der Waals surface area (Å²) in [5.41, 5.74) is 6.21. The van der Waals surface area contributed by atoms with Crippen LogP contribution >= 0.6 is 0 Å². The maximum atomic E-state index is 11.7. The van der Waals surface area contributed by atoms with Gasteiger partial charge in [-0.05, 0) is 19.1 Å². The lowest BCUT2D eigenvalue weighted by Gasteiger charge is -2.18. The first-order valence-corrected chi connectivity index (χ1v) is 6.33. The summed E-state index contributed by atoms with van der Waals surface area (Å²) in [4.78, 5) is 13.0. The Kier molecular flexibility index (Phi) is 4.09. The fourth-order valence-corrected chi connectivity index (χ4v) is 1.52. The summed E-state index contributed by atoms with van der Waals surface area (Å²) < 4.78 is 0. The van der Waals surface area contributed by atoms with Gasteiger partial charge in [0.2, 0.25) is 11.7 Å². The second-order valence-corrected chi connectivity index (χ2v) is 5.27. The van der Waals surface area contributed by atoms with Crippen LogP contribution in [0.1, 0.15) is 13.8 Å². The summed E-state index contributed by atoms with van der Waals surface area (Å²) in [6.45, 7) is 4.10. The Morgan fingerprint density at radius 1 is 1.35 bits per heavy atom. The highest BCUT2D eigenvalue weighted by molar-refractivity contribution is 5.75. The fourth-order valence-electron chi connectivity index (χ4n) is 1.52. The molecule has 20 heavy (non-hydrogen) atoms. The van der Waals surface area contributed by atoms with E-state index in [0.29, 0.717) is 12.4 Å². The average molecular weight is 274 g/mol. The Bertz CT molecular complexity index is 572. The second kappa shape index (κ2) is 5.79. The van der Waals surface area contributed by atoms with Crippen molar-refractivity contribution in [3.8, 4) is 11.4 Å². The number of benzene rings is 1. The molecule has 1 aromatic carbocycles. The van der Waals surface area contributed by atoms with Gasteiger partial charge in [-0.2, -0.15) is 4.80 Å². The van der Waals surface area contributed by atoms with E-state index in [1.807, 2.05) is 44.2 Å². The highest BCUT2D eigenvalue weighted by atomic mass is 16.2. The molecule has 2 rings (SSSR count). The van der Waals surface area contributed by atoms with Crippen LogP contribution in [0.5, 0.6) is 0 Å². The van der Waals surface area contributed by atoms with Crippen LogP contribution in [0, 0.1) is 0 Å². The van der Waals surface area contributed by atoms with E-state index in [-0.39, 0.29) is 12.5 Å². The molecule has 0 atom stereocenters. The van der Waals surface area contributed by atoms with Gasteiger partial charge >= 0.3 is 0 Å². The molecule has 0 aliphatic heterocycles. The molecule has 0 bridgehead atoms. The number of nitrogens with zero attached hydrogens (tertiary/aromatic N) is 4. The Morgan fingerprint density at radius 3 is 2.70 bits per heavy atom. The van der Waals surface area contributed by atoms with E-state index >= 15 is 0 Å². The minimum Gasteiger partial charge on any atom is -0.353 e. The number of amides is 1. The maximum absolute atomic E-state index is 11.7. The van der Waals surface area contributed by atoms with Gasteiger partial charge < -0.3 is 11.1 Å². The number of tetrazole rings is 1. The standard InChI is InChI=1S/C13H18N6O/c1-13(2,14)9-15-11(20)8-19-17-12(16-18-19)10-6-4-3-5-7-10/h3-7H,8-9,14H2,1-2H3,(H,15,20). The molecular formula is C13H18N6O. The zero-order valence-corrected chi connectivity index (χ0v) is 11.6. The van der Waals surface area contributed by atoms with Crippen LogP contribution in [0.4, 0.5) is 0 Å². The number of hydrogen-bond donors (Lipinski definition) is 2. The van der Waals surface area contributed by atoms with E-state index in [4.69, 9.17) is 5.73 Å². The highest BCUT2D eigenvalue weighted by Crippen LogP contribution is 2.11. The lowest BCUT2D eigenvalue weighted by Crippen LogP contribution is -2.46. The summed E-state index contributed by atoms with van der Waals surface area (Å²) in [5, 5.41) is 14.7. The third-order valence-corrected chi connectivity index (χ3v) is 2.51. The van der Waals surface area contributed by atoms with Crippen molar-refractivity contribution in [3.05, 3.63) is 30.3 Å². The first-order valence-electron chi connectivity index (χ1n) is 6.33. The number of nitrogens with one attached hydrogen (secondary N) is 1. The van der Waals surface area contributed by atoms with E-state index in [9.17, 15) is 4.79 Å². The van der Waals surface area contributed by atoms with Crippen molar-refractivity contribution in [2.24, 2.45) is 5.73 Å². The molecule has 1 amide bonds. The van der Waals surface area contributed by atoms with Crippen LogP contribution in [0.2, 0.25) is 0 Å². The summed E-state index contributed by atoms with van der Waals surface area (Å²) in [7, 11) is 0. The van der Waals surface area contributed by atoms with Gasteiger partial charge in [0.05, 0.1) is 0 Å². The quantitative estimate of drug-likeness (QED) is 0.811. The number of hydrogen-bond acceptors (Lipinski definition) is 5. The zero-order valence-electron chi connectivity index (χ0n) is 11.6. The summed E-state index contributed by atoms with van der Waals surface area (Å²) in [6.07, 6.45) is 0. The van der Waals surface area contributed by atoms with Gasteiger partial charge in [0.1, 0.15) is 6.54 Å². The Labute approximate surface area is 117 Å². The van der Waals surface area contributed by atoms with Crippen LogP contribution < -0.4 is 11.1 Å². The van der Waals surface area contributed by atoms with Gasteiger partial charge in [-0.3, -0.25) is 4.79 Å². The molecule has 7 nitrogen and oxygen atoms in total. The predicted octanol–water partition coefficient (Wildman–Crippen LogP) is 0.194. The first-order chi connectivity index (χ1) is 9.44. The normalized spacial score (nSPS) is 11.3. The first kappa shape index (κ1) is 14.1. The number of aromatic nitrogens is 4. The molecule has 1 heterocycles. The molecule has 0 unspecified atom stereocenters. The van der Waals surface area contributed by atoms with Gasteiger partial charge in [-0.15, -0.1) is 10.2 Å². The summed E-state index contributed by atoms with van der Waals surface area (Å²) >= 11 is 0. The van der Waals surface area contributed by atoms with E-state index in [1.165, 1.54) is 4.80 Å². The molecule has 0 radical (unpaired) electrons. The monoisotopic (exact) mass is 274 g/mol. The van der Waals surface area contributed by atoms with Gasteiger partial charge in [-0.1, -0.05) is 30.3 Å². The van der Waals surface area contributed by atoms with Crippen LogP contribution in [0.3, 0.4) is 0 Å². The van der Waals surface area contributed by atoms with E-state index in [0.717, 1.165) is 5.56 Å². The number of carbonyl (C=O) groups excluding carboxylic acids is 1. The lowest BCUT2D eigenvalue weighted by atomic mass is 10.1. The summed E-state index contributed by atoms with van der Waals surface area (Å²) in [6, 6.07) is 9.48. The van der Waals surface area contributed by atoms with Gasteiger partial charge in [0.25, 0.3) is 0 Å². The molecule has 0 fully saturated rings. The van der Waals surface area contributed by atoms with Crippen LogP contribution in [-0.2, 0) is 11.3 Å². The maximum Gasteiger partial charge on any atom is 0.243 e. The Morgan fingerprint density at radius 2 is 2.05 bits per heavy atom. The molecule has 2 aromatic rings. The molecule has 0 saturated carbocycles. The van der Waals surface area contributed by atoms with Crippen LogP contribution in [0.25, 0.3) is 11.4 Å². The van der Waals surface area contributed by atoms with Crippen molar-refractivity contribution >= 4 is 5.91 Å². The van der Waals surface area contributed by atoms with Crippen molar-refractivity contribution in [2.45, 2.75) is 25.9 Å². The molecule has 3 N–H and O–H groups in total. The molecule has 0 saturated heterocycles. The predicted molar refractivity (Wildman–Crippen MR) is 74.5 cm³/mol. The zero-order chi connectivity index (χ0) is 14.6. The van der Waals surface area contributed by atoms with Gasteiger partial charge in [0.15, 0.2) is 0 Å². The van der Waals surface area contributed by atoms with Crippen molar-refractivity contribution < 1.29 is 4.79 Å². The lowest BCUT2D eigenvalue weighted by molar-refractivity contribution is -0.122. The molecule has 0 aliphatic rings. The Balaban J connectivity index is 1.95. The molecule has 1 aromatic heterocycles. The largest absolute Gasteiger partial charge is 0.353 e. The third-order valence-electron chi connectivity index (χ3n) is 2.51. The van der Waals surface area contributed by atoms with E-state index in [2.05, 4.69) is 20.7 Å². The van der Waals surface area contributed by atoms with Gasteiger partial charge in [-0.25, -0.2) is 0 Å². The second-order valence-electron chi connectivity index (χ2n) is 5.27. The molecule has 0 spiro atoms. The van der Waals surface area contributed by atoms with Crippen LogP contribution in [0.15, 0.2) is 30.3 Å². The molecule has 106 valence electrons. The van der Waals surface area contributed by atoms with E-state index < -0.39 is 5.54 Å². The topological polar surface area (TPSA) is 98.7 Å². The summed E-state index contributed by atoms with van der Waals surface area (Å²) in [5.74, 6) is 0.304. The van der Waals surface area contributed by atoms with Gasteiger partial charge in [0, 0.05) is 17.6 Å². The van der Waals surface area contributed by atoms with Crippen LogP contribution in [-0.4, -0.2) is 38.2 Å². The van der Waals surface area contributed by atoms with Crippen molar-refractivity contribution in [1.82, 2.24) is 25.5 Å². The minimum atomic E-state index is -0.444. The van der Waals surface area contributed by atoms with Crippen molar-refractivity contribution in [2.75, 3.05) is 6.54 Å². The number of carbonyl (C=O) groups is 1. The number of rotatable bonds is 5. The smallest absolute Gasteiger partial charge is 0.243 e. The fraction of sp³-hybridized carbons (Fsp3) is 0.385.